The van der Waals surface area contributed by atoms with Crippen LogP contribution in [-0.2, 0) is 14.3 Å². The molecule has 210 valence electrons. The first-order valence-electron chi connectivity index (χ1n) is 12.9. The second-order valence-corrected chi connectivity index (χ2v) is 10.9. The highest BCUT2D eigenvalue weighted by Gasteiger charge is 2.50. The summed E-state index contributed by atoms with van der Waals surface area (Å²) in [7, 11) is 3.08. The fourth-order valence-corrected chi connectivity index (χ4v) is 6.09. The molecule has 1 amide bonds. The topological polar surface area (TPSA) is 107 Å². The van der Waals surface area contributed by atoms with Crippen LogP contribution in [-0.4, -0.2) is 80.7 Å². The van der Waals surface area contributed by atoms with Gasteiger partial charge in [0.15, 0.2) is 0 Å². The SMILES string of the molecule is C=CC(=O)N[C@H]1COC[C@H]1Nc1cc2c(N3CC4(CCO4)C3)nc(-c3c(Cl)c(OC)cc(OC)c3Cl)cc2cn1. The molecule has 0 aliphatic carbocycles. The molecule has 3 aliphatic rings. The van der Waals surface area contributed by atoms with Crippen molar-refractivity contribution in [1.29, 1.82) is 0 Å². The van der Waals surface area contributed by atoms with Crippen LogP contribution in [0.3, 0.4) is 0 Å². The number of fused-ring (bicyclic) bond motifs is 1. The number of carbonyl (C=O) groups excluding carboxylic acids is 1. The van der Waals surface area contributed by atoms with Crippen LogP contribution >= 0.6 is 23.2 Å². The number of hydrogen-bond donors (Lipinski definition) is 2. The van der Waals surface area contributed by atoms with Crippen LogP contribution in [0.1, 0.15) is 6.42 Å². The van der Waals surface area contributed by atoms with Crippen molar-refractivity contribution in [2.45, 2.75) is 24.1 Å². The van der Waals surface area contributed by atoms with Gasteiger partial charge in [-0.3, -0.25) is 4.79 Å². The number of nitrogens with one attached hydrogen (secondary N) is 2. The highest BCUT2D eigenvalue weighted by atomic mass is 35.5. The van der Waals surface area contributed by atoms with Gasteiger partial charge in [0.2, 0.25) is 5.91 Å². The normalized spacial score (nSPS) is 21.1. The van der Waals surface area contributed by atoms with E-state index in [0.29, 0.717) is 51.8 Å². The summed E-state index contributed by atoms with van der Waals surface area (Å²) in [6.45, 7) is 6.62. The van der Waals surface area contributed by atoms with Crippen molar-refractivity contribution in [3.63, 3.8) is 0 Å². The van der Waals surface area contributed by atoms with Crippen molar-refractivity contribution < 1.29 is 23.7 Å². The van der Waals surface area contributed by atoms with Crippen molar-refractivity contribution >= 4 is 51.5 Å². The van der Waals surface area contributed by atoms with Crippen LogP contribution in [0.15, 0.2) is 37.1 Å². The Balaban J connectivity index is 1.41. The van der Waals surface area contributed by atoms with Gasteiger partial charge < -0.3 is 34.5 Å². The number of rotatable bonds is 8. The minimum atomic E-state index is -0.246. The standard InChI is InChI=1S/C28H29Cl2N5O5/c1-4-23(36)33-19-12-39-11-18(19)32-22-8-16-15(10-31-22)7-17(34-27(16)35-13-28(14-35)5-6-40-28)24-25(29)20(37-2)9-21(38-3)26(24)30/h4,7-10,18-19H,1,5-6,11-14H2,2-3H3,(H,31,32)(H,33,36)/t18-,19+/m1/s1. The molecule has 0 saturated carbocycles. The number of amides is 1. The van der Waals surface area contributed by atoms with Gasteiger partial charge in [-0.1, -0.05) is 29.8 Å². The molecule has 1 spiro atoms. The summed E-state index contributed by atoms with van der Waals surface area (Å²) in [5, 5.41) is 8.77. The largest absolute Gasteiger partial charge is 0.495 e. The zero-order valence-electron chi connectivity index (χ0n) is 22.1. The molecule has 10 nitrogen and oxygen atoms in total. The molecule has 3 aromatic rings. The molecule has 3 aliphatic heterocycles. The van der Waals surface area contributed by atoms with Gasteiger partial charge in [-0.2, -0.15) is 0 Å². The van der Waals surface area contributed by atoms with Crippen LogP contribution < -0.4 is 25.0 Å². The molecule has 2 aromatic heterocycles. The predicted octanol–water partition coefficient (Wildman–Crippen LogP) is 4.08. The molecule has 3 fully saturated rings. The van der Waals surface area contributed by atoms with Gasteiger partial charge in [0, 0.05) is 35.0 Å². The average Bonchev–Trinajstić information content (AvgIpc) is 3.33. The van der Waals surface area contributed by atoms with Crippen molar-refractivity contribution in [1.82, 2.24) is 15.3 Å². The van der Waals surface area contributed by atoms with Crippen LogP contribution in [0.2, 0.25) is 10.0 Å². The lowest BCUT2D eigenvalue weighted by Gasteiger charge is -2.55. The summed E-state index contributed by atoms with van der Waals surface area (Å²) in [6.07, 6.45) is 4.06. The summed E-state index contributed by atoms with van der Waals surface area (Å²) < 4.78 is 22.4. The Kier molecular flexibility index (Phi) is 7.12. The number of hydrogen-bond acceptors (Lipinski definition) is 9. The third kappa shape index (κ3) is 4.68. The average molecular weight is 586 g/mol. The molecule has 5 heterocycles. The number of methoxy groups -OCH3 is 2. The number of carbonyl (C=O) groups is 1. The molecule has 2 atom stereocenters. The lowest BCUT2D eigenvalue weighted by molar-refractivity contribution is -0.161. The Bertz CT molecular complexity index is 1460. The summed E-state index contributed by atoms with van der Waals surface area (Å²) in [4.78, 5) is 23.8. The fourth-order valence-electron chi connectivity index (χ4n) is 5.40. The number of ether oxygens (including phenoxy) is 4. The minimum absolute atomic E-state index is 0.107. The minimum Gasteiger partial charge on any atom is -0.495 e. The Hall–Kier alpha value is -3.31. The van der Waals surface area contributed by atoms with E-state index in [9.17, 15) is 4.79 Å². The second kappa shape index (κ2) is 10.6. The number of pyridine rings is 2. The van der Waals surface area contributed by atoms with Gasteiger partial charge in [-0.25, -0.2) is 9.97 Å². The quantitative estimate of drug-likeness (QED) is 0.378. The number of aromatic nitrogens is 2. The van der Waals surface area contributed by atoms with Gasteiger partial charge >= 0.3 is 0 Å². The van der Waals surface area contributed by atoms with E-state index in [4.69, 9.17) is 47.1 Å². The first-order valence-corrected chi connectivity index (χ1v) is 13.7. The number of halogens is 2. The fraction of sp³-hybridized carbons (Fsp3) is 0.393. The highest BCUT2D eigenvalue weighted by molar-refractivity contribution is 6.41. The number of nitrogens with zero attached hydrogens (tertiary/aromatic N) is 3. The second-order valence-electron chi connectivity index (χ2n) is 10.2. The maximum Gasteiger partial charge on any atom is 0.243 e. The van der Waals surface area contributed by atoms with Gasteiger partial charge in [-0.05, 0) is 18.2 Å². The molecule has 0 bridgehead atoms. The summed E-state index contributed by atoms with van der Waals surface area (Å²) in [6, 6.07) is 5.17. The molecule has 40 heavy (non-hydrogen) atoms. The lowest BCUT2D eigenvalue weighted by atomic mass is 9.86. The van der Waals surface area contributed by atoms with E-state index in [0.717, 1.165) is 42.7 Å². The van der Waals surface area contributed by atoms with Crippen LogP contribution in [0.5, 0.6) is 11.5 Å². The van der Waals surface area contributed by atoms with E-state index >= 15 is 0 Å². The molecule has 1 aromatic carbocycles. The van der Waals surface area contributed by atoms with Gasteiger partial charge in [0.25, 0.3) is 0 Å². The maximum absolute atomic E-state index is 11.9. The van der Waals surface area contributed by atoms with E-state index in [1.54, 1.807) is 12.3 Å². The molecule has 0 unspecified atom stereocenters. The van der Waals surface area contributed by atoms with Crippen LogP contribution in [0, 0.1) is 0 Å². The molecule has 0 radical (unpaired) electrons. The third-order valence-corrected chi connectivity index (χ3v) is 8.42. The van der Waals surface area contributed by atoms with Crippen molar-refractivity contribution in [3.8, 4) is 22.8 Å². The van der Waals surface area contributed by atoms with Gasteiger partial charge in [0.1, 0.15) is 28.7 Å². The van der Waals surface area contributed by atoms with Crippen molar-refractivity contribution in [2.24, 2.45) is 0 Å². The van der Waals surface area contributed by atoms with E-state index in [1.165, 1.54) is 20.3 Å². The first kappa shape index (κ1) is 26.9. The maximum atomic E-state index is 11.9. The van der Waals surface area contributed by atoms with Gasteiger partial charge in [0.05, 0.1) is 75.0 Å². The summed E-state index contributed by atoms with van der Waals surface area (Å²) in [5.41, 5.74) is 0.984. The summed E-state index contributed by atoms with van der Waals surface area (Å²) >= 11 is 13.5. The van der Waals surface area contributed by atoms with Crippen LogP contribution in [0.4, 0.5) is 11.6 Å². The third-order valence-electron chi connectivity index (χ3n) is 7.67. The van der Waals surface area contributed by atoms with E-state index in [-0.39, 0.29) is 23.6 Å². The summed E-state index contributed by atoms with van der Waals surface area (Å²) in [5.74, 6) is 2.03. The van der Waals surface area contributed by atoms with Crippen LogP contribution in [0.25, 0.3) is 22.0 Å². The van der Waals surface area contributed by atoms with E-state index in [1.807, 2.05) is 12.1 Å². The van der Waals surface area contributed by atoms with E-state index < -0.39 is 0 Å². The van der Waals surface area contributed by atoms with E-state index in [2.05, 4.69) is 27.1 Å². The number of benzene rings is 1. The Morgan fingerprint density at radius 1 is 1.15 bits per heavy atom. The van der Waals surface area contributed by atoms with Crippen molar-refractivity contribution in [3.05, 3.63) is 47.1 Å². The Morgan fingerprint density at radius 3 is 2.48 bits per heavy atom. The molecular weight excluding hydrogens is 557 g/mol. The molecular formula is C28H29Cl2N5O5. The smallest absolute Gasteiger partial charge is 0.243 e. The first-order chi connectivity index (χ1) is 19.3. The number of anilines is 2. The monoisotopic (exact) mass is 585 g/mol. The van der Waals surface area contributed by atoms with Gasteiger partial charge in [-0.15, -0.1) is 0 Å². The lowest BCUT2D eigenvalue weighted by Crippen LogP contribution is -2.68. The molecule has 2 N–H and O–H groups in total. The Morgan fingerprint density at radius 2 is 1.85 bits per heavy atom. The van der Waals surface area contributed by atoms with Crippen molar-refractivity contribution in [2.75, 3.05) is 57.3 Å². The molecule has 12 heteroatoms. The zero-order chi connectivity index (χ0) is 28.0. The molecule has 3 saturated heterocycles. The Labute approximate surface area is 241 Å². The zero-order valence-corrected chi connectivity index (χ0v) is 23.6. The highest BCUT2D eigenvalue weighted by Crippen LogP contribution is 2.47. The molecule has 6 rings (SSSR count). The predicted molar refractivity (Wildman–Crippen MR) is 154 cm³/mol.